The molecule has 2 atom stereocenters. The van der Waals surface area contributed by atoms with Crippen LogP contribution in [0.1, 0.15) is 32.6 Å². The van der Waals surface area contributed by atoms with Crippen LogP contribution in [-0.2, 0) is 0 Å². The first-order valence-electron chi connectivity index (χ1n) is 4.64. The van der Waals surface area contributed by atoms with Crippen molar-refractivity contribution in [3.05, 3.63) is 0 Å². The molecule has 1 N–H and O–H groups in total. The van der Waals surface area contributed by atoms with Crippen molar-refractivity contribution in [2.45, 2.75) is 44.6 Å². The molecule has 0 bridgehead atoms. The lowest BCUT2D eigenvalue weighted by atomic mass is 9.85. The number of alkyl halides is 2. The highest BCUT2D eigenvalue weighted by atomic mass is 19.3. The summed E-state index contributed by atoms with van der Waals surface area (Å²) in [5, 5.41) is 2.83. The summed E-state index contributed by atoms with van der Waals surface area (Å²) < 4.78 is 25.5. The third kappa shape index (κ3) is 1.35. The Balaban J connectivity index is 2.75. The molecule has 0 aliphatic heterocycles. The van der Waals surface area contributed by atoms with E-state index in [1.165, 1.54) is 0 Å². The first kappa shape index (κ1) is 9.90. The van der Waals surface area contributed by atoms with Crippen LogP contribution in [0.4, 0.5) is 8.78 Å². The maximum Gasteiger partial charge on any atom is 0.256 e. The van der Waals surface area contributed by atoms with E-state index in [9.17, 15) is 8.78 Å². The average Bonchev–Trinajstić information content (AvgIpc) is 2.47. The summed E-state index contributed by atoms with van der Waals surface area (Å²) in [6.45, 7) is 1.99. The fraction of sp³-hybridized carbons (Fsp3) is 1.00. The number of halogens is 2. The van der Waals surface area contributed by atoms with E-state index >= 15 is 0 Å². The average molecular weight is 177 g/mol. The van der Waals surface area contributed by atoms with Crippen molar-refractivity contribution < 1.29 is 8.78 Å². The molecule has 12 heavy (non-hydrogen) atoms. The van der Waals surface area contributed by atoms with Crippen molar-refractivity contribution in [3.63, 3.8) is 0 Å². The number of hydrogen-bond donors (Lipinski definition) is 1. The SMILES string of the molecule is CCC1CCCC1(NC)C(F)F. The van der Waals surface area contributed by atoms with Crippen LogP contribution in [0.2, 0.25) is 0 Å². The van der Waals surface area contributed by atoms with Crippen LogP contribution < -0.4 is 5.32 Å². The van der Waals surface area contributed by atoms with Gasteiger partial charge < -0.3 is 5.32 Å². The molecule has 1 aliphatic carbocycles. The fourth-order valence-corrected chi connectivity index (χ4v) is 2.40. The second kappa shape index (κ2) is 3.69. The van der Waals surface area contributed by atoms with Gasteiger partial charge in [0.1, 0.15) is 0 Å². The Labute approximate surface area is 72.5 Å². The summed E-state index contributed by atoms with van der Waals surface area (Å²) in [6.07, 6.45) is 1.13. The van der Waals surface area contributed by atoms with Gasteiger partial charge in [0.25, 0.3) is 6.43 Å². The molecule has 1 nitrogen and oxygen atoms in total. The number of nitrogens with one attached hydrogen (secondary N) is 1. The Bertz CT molecular complexity index is 149. The molecule has 0 radical (unpaired) electrons. The maximum atomic E-state index is 12.8. The van der Waals surface area contributed by atoms with Crippen molar-refractivity contribution in [3.8, 4) is 0 Å². The van der Waals surface area contributed by atoms with Gasteiger partial charge in [-0.25, -0.2) is 8.78 Å². The summed E-state index contributed by atoms with van der Waals surface area (Å²) in [7, 11) is 1.65. The molecular weight excluding hydrogens is 160 g/mol. The van der Waals surface area contributed by atoms with E-state index in [4.69, 9.17) is 0 Å². The van der Waals surface area contributed by atoms with E-state index in [-0.39, 0.29) is 5.92 Å². The molecule has 1 aliphatic rings. The first-order chi connectivity index (χ1) is 5.67. The molecule has 0 aromatic carbocycles. The van der Waals surface area contributed by atoms with E-state index < -0.39 is 12.0 Å². The van der Waals surface area contributed by atoms with Gasteiger partial charge in [-0.2, -0.15) is 0 Å². The van der Waals surface area contributed by atoms with Crippen molar-refractivity contribution in [1.82, 2.24) is 5.32 Å². The molecule has 0 amide bonds. The van der Waals surface area contributed by atoms with Gasteiger partial charge in [-0.15, -0.1) is 0 Å². The van der Waals surface area contributed by atoms with Gasteiger partial charge in [0.15, 0.2) is 0 Å². The third-order valence-corrected chi connectivity index (χ3v) is 3.22. The highest BCUT2D eigenvalue weighted by Crippen LogP contribution is 2.41. The zero-order chi connectivity index (χ0) is 9.19. The summed E-state index contributed by atoms with van der Waals surface area (Å²) >= 11 is 0. The second-order valence-corrected chi connectivity index (χ2v) is 3.59. The van der Waals surface area contributed by atoms with Crippen LogP contribution >= 0.6 is 0 Å². The van der Waals surface area contributed by atoms with Crippen LogP contribution in [0.5, 0.6) is 0 Å². The maximum absolute atomic E-state index is 12.8. The molecule has 3 heteroatoms. The third-order valence-electron chi connectivity index (χ3n) is 3.22. The molecule has 1 rings (SSSR count). The number of rotatable bonds is 3. The monoisotopic (exact) mass is 177 g/mol. The summed E-state index contributed by atoms with van der Waals surface area (Å²) in [5.74, 6) is 0.155. The molecule has 0 spiro atoms. The van der Waals surface area contributed by atoms with Crippen LogP contribution in [0.25, 0.3) is 0 Å². The topological polar surface area (TPSA) is 12.0 Å². The molecule has 1 saturated carbocycles. The van der Waals surface area contributed by atoms with Gasteiger partial charge in [0.05, 0.1) is 5.54 Å². The molecule has 0 saturated heterocycles. The lowest BCUT2D eigenvalue weighted by molar-refractivity contribution is 0.00968. The number of hydrogen-bond acceptors (Lipinski definition) is 1. The van der Waals surface area contributed by atoms with Crippen molar-refractivity contribution in [1.29, 1.82) is 0 Å². The molecule has 0 heterocycles. The molecule has 0 aromatic heterocycles. The highest BCUT2D eigenvalue weighted by molar-refractivity contribution is 4.99. The molecule has 2 unspecified atom stereocenters. The zero-order valence-corrected chi connectivity index (χ0v) is 7.74. The standard InChI is InChI=1S/C9H17F2N/c1-3-7-5-4-6-9(7,12-2)8(10)11/h7-8,12H,3-6H2,1-2H3. The van der Waals surface area contributed by atoms with E-state index in [2.05, 4.69) is 5.32 Å². The molecule has 72 valence electrons. The molecule has 1 fully saturated rings. The van der Waals surface area contributed by atoms with Gasteiger partial charge in [-0.1, -0.05) is 19.8 Å². The van der Waals surface area contributed by atoms with E-state index in [0.29, 0.717) is 6.42 Å². The predicted molar refractivity (Wildman–Crippen MR) is 45.4 cm³/mol. The lowest BCUT2D eigenvalue weighted by Gasteiger charge is -2.34. The minimum atomic E-state index is -2.23. The van der Waals surface area contributed by atoms with Gasteiger partial charge in [0.2, 0.25) is 0 Å². The Morgan fingerprint density at radius 2 is 2.25 bits per heavy atom. The summed E-state index contributed by atoms with van der Waals surface area (Å²) in [4.78, 5) is 0. The predicted octanol–water partition coefficient (Wildman–Crippen LogP) is 2.42. The van der Waals surface area contributed by atoms with Gasteiger partial charge >= 0.3 is 0 Å². The largest absolute Gasteiger partial charge is 0.309 e. The van der Waals surface area contributed by atoms with Crippen LogP contribution in [0.15, 0.2) is 0 Å². The Hall–Kier alpha value is -0.180. The van der Waals surface area contributed by atoms with Crippen LogP contribution in [0.3, 0.4) is 0 Å². The first-order valence-corrected chi connectivity index (χ1v) is 4.64. The lowest BCUT2D eigenvalue weighted by Crippen LogP contribution is -2.52. The van der Waals surface area contributed by atoms with E-state index in [1.807, 2.05) is 6.92 Å². The highest BCUT2D eigenvalue weighted by Gasteiger charge is 2.47. The minimum Gasteiger partial charge on any atom is -0.309 e. The Kier molecular flexibility index (Phi) is 3.04. The summed E-state index contributed by atoms with van der Waals surface area (Å²) in [6, 6.07) is 0. The van der Waals surface area contributed by atoms with Crippen molar-refractivity contribution in [2.75, 3.05) is 7.05 Å². The van der Waals surface area contributed by atoms with E-state index in [0.717, 1.165) is 19.3 Å². The van der Waals surface area contributed by atoms with E-state index in [1.54, 1.807) is 7.05 Å². The quantitative estimate of drug-likeness (QED) is 0.698. The normalized spacial score (nSPS) is 36.2. The van der Waals surface area contributed by atoms with Gasteiger partial charge in [-0.05, 0) is 25.8 Å². The fourth-order valence-electron chi connectivity index (χ4n) is 2.40. The smallest absolute Gasteiger partial charge is 0.256 e. The van der Waals surface area contributed by atoms with Gasteiger partial charge in [-0.3, -0.25) is 0 Å². The van der Waals surface area contributed by atoms with Crippen molar-refractivity contribution >= 4 is 0 Å². The zero-order valence-electron chi connectivity index (χ0n) is 7.74. The second-order valence-electron chi connectivity index (χ2n) is 3.59. The summed E-state index contributed by atoms with van der Waals surface area (Å²) in [5.41, 5.74) is -0.880. The minimum absolute atomic E-state index is 0.155. The Morgan fingerprint density at radius 3 is 2.58 bits per heavy atom. The van der Waals surface area contributed by atoms with Crippen LogP contribution in [-0.4, -0.2) is 19.0 Å². The molecule has 0 aromatic rings. The van der Waals surface area contributed by atoms with Crippen molar-refractivity contribution in [2.24, 2.45) is 5.92 Å². The van der Waals surface area contributed by atoms with Crippen LogP contribution in [0, 0.1) is 5.92 Å². The molecular formula is C9H17F2N. The Morgan fingerprint density at radius 1 is 1.58 bits per heavy atom. The van der Waals surface area contributed by atoms with Gasteiger partial charge in [0, 0.05) is 0 Å².